The van der Waals surface area contributed by atoms with Crippen molar-refractivity contribution in [2.45, 2.75) is 39.3 Å². The number of hydrogen-bond acceptors (Lipinski definition) is 3. The number of amides is 1. The van der Waals surface area contributed by atoms with Gasteiger partial charge in [0, 0.05) is 12.5 Å². The Hall–Kier alpha value is -1.29. The van der Waals surface area contributed by atoms with Crippen molar-refractivity contribution in [2.75, 3.05) is 0 Å². The maximum absolute atomic E-state index is 11.7. The molecule has 0 saturated carbocycles. The first-order valence-corrected chi connectivity index (χ1v) is 5.59. The highest BCUT2D eigenvalue weighted by Gasteiger charge is 2.19. The summed E-state index contributed by atoms with van der Waals surface area (Å²) < 4.78 is 5.21. The van der Waals surface area contributed by atoms with Crippen LogP contribution in [0.3, 0.4) is 0 Å². The molecule has 0 aliphatic rings. The first-order chi connectivity index (χ1) is 7.50. The molecular formula is C12H20N2O2. The Kier molecular flexibility index (Phi) is 4.55. The van der Waals surface area contributed by atoms with E-state index in [9.17, 15) is 4.79 Å². The minimum atomic E-state index is -0.445. The smallest absolute Gasteiger partial charge is 0.237 e. The van der Waals surface area contributed by atoms with Crippen molar-refractivity contribution in [3.8, 4) is 0 Å². The summed E-state index contributed by atoms with van der Waals surface area (Å²) in [5.41, 5.74) is 5.75. The minimum Gasteiger partial charge on any atom is -0.469 e. The number of nitrogens with one attached hydrogen (secondary N) is 1. The van der Waals surface area contributed by atoms with Crippen LogP contribution in [0.25, 0.3) is 0 Å². The Bertz CT molecular complexity index is 320. The van der Waals surface area contributed by atoms with E-state index >= 15 is 0 Å². The fraction of sp³-hybridized carbons (Fsp3) is 0.583. The SMILES string of the molecule is CC(Cc1ccco1)NC(=O)C(N)C(C)C. The van der Waals surface area contributed by atoms with Crippen LogP contribution in [-0.2, 0) is 11.2 Å². The molecule has 4 heteroatoms. The van der Waals surface area contributed by atoms with Gasteiger partial charge in [0.15, 0.2) is 0 Å². The van der Waals surface area contributed by atoms with Gasteiger partial charge in [-0.05, 0) is 25.0 Å². The van der Waals surface area contributed by atoms with Crippen molar-refractivity contribution < 1.29 is 9.21 Å². The van der Waals surface area contributed by atoms with Gasteiger partial charge in [0.1, 0.15) is 5.76 Å². The molecule has 3 N–H and O–H groups in total. The van der Waals surface area contributed by atoms with Crippen molar-refractivity contribution in [2.24, 2.45) is 11.7 Å². The lowest BCUT2D eigenvalue weighted by Gasteiger charge is -2.19. The van der Waals surface area contributed by atoms with E-state index in [4.69, 9.17) is 10.2 Å². The van der Waals surface area contributed by atoms with Gasteiger partial charge < -0.3 is 15.5 Å². The molecule has 2 unspecified atom stereocenters. The average Bonchev–Trinajstić information content (AvgIpc) is 2.68. The van der Waals surface area contributed by atoms with Gasteiger partial charge in [0.25, 0.3) is 0 Å². The number of furan rings is 1. The summed E-state index contributed by atoms with van der Waals surface area (Å²) in [6.07, 6.45) is 2.31. The van der Waals surface area contributed by atoms with Gasteiger partial charge in [0.2, 0.25) is 5.91 Å². The van der Waals surface area contributed by atoms with Crippen LogP contribution in [0.4, 0.5) is 0 Å². The van der Waals surface area contributed by atoms with Crippen molar-refractivity contribution in [1.29, 1.82) is 0 Å². The maximum atomic E-state index is 11.7. The van der Waals surface area contributed by atoms with Crippen LogP contribution in [0.2, 0.25) is 0 Å². The molecule has 1 aromatic heterocycles. The van der Waals surface area contributed by atoms with Crippen LogP contribution >= 0.6 is 0 Å². The molecule has 0 fully saturated rings. The molecule has 2 atom stereocenters. The fourth-order valence-corrected chi connectivity index (χ4v) is 1.42. The third kappa shape index (κ3) is 3.70. The number of rotatable bonds is 5. The van der Waals surface area contributed by atoms with Gasteiger partial charge in [-0.3, -0.25) is 4.79 Å². The molecule has 1 aromatic rings. The van der Waals surface area contributed by atoms with Crippen LogP contribution in [0.15, 0.2) is 22.8 Å². The predicted octanol–water partition coefficient (Wildman–Crippen LogP) is 1.31. The molecule has 4 nitrogen and oxygen atoms in total. The largest absolute Gasteiger partial charge is 0.469 e. The van der Waals surface area contributed by atoms with Crippen LogP contribution in [0.1, 0.15) is 26.5 Å². The second-order valence-corrected chi connectivity index (χ2v) is 4.46. The standard InChI is InChI=1S/C12H20N2O2/c1-8(2)11(13)12(15)14-9(3)7-10-5-4-6-16-10/h4-6,8-9,11H,7,13H2,1-3H3,(H,14,15). The molecule has 0 aromatic carbocycles. The summed E-state index contributed by atoms with van der Waals surface area (Å²) in [5, 5.41) is 2.88. The van der Waals surface area contributed by atoms with E-state index in [1.807, 2.05) is 32.9 Å². The van der Waals surface area contributed by atoms with Crippen LogP contribution < -0.4 is 11.1 Å². The number of carbonyl (C=O) groups is 1. The average molecular weight is 224 g/mol. The van der Waals surface area contributed by atoms with Crippen LogP contribution in [0.5, 0.6) is 0 Å². The quantitative estimate of drug-likeness (QED) is 0.792. The van der Waals surface area contributed by atoms with Crippen LogP contribution in [-0.4, -0.2) is 18.0 Å². The van der Waals surface area contributed by atoms with E-state index in [1.165, 1.54) is 0 Å². The molecule has 0 aliphatic heterocycles. The van der Waals surface area contributed by atoms with Crippen molar-refractivity contribution >= 4 is 5.91 Å². The summed E-state index contributed by atoms with van der Waals surface area (Å²) in [4.78, 5) is 11.7. The molecule has 0 bridgehead atoms. The summed E-state index contributed by atoms with van der Waals surface area (Å²) >= 11 is 0. The Morgan fingerprint density at radius 2 is 2.19 bits per heavy atom. The number of carbonyl (C=O) groups excluding carboxylic acids is 1. The topological polar surface area (TPSA) is 68.3 Å². The van der Waals surface area contributed by atoms with Gasteiger partial charge in [-0.25, -0.2) is 0 Å². The maximum Gasteiger partial charge on any atom is 0.237 e. The second-order valence-electron chi connectivity index (χ2n) is 4.46. The third-order valence-corrected chi connectivity index (χ3v) is 2.50. The van der Waals surface area contributed by atoms with Crippen molar-refractivity contribution in [3.05, 3.63) is 24.2 Å². The predicted molar refractivity (Wildman–Crippen MR) is 62.8 cm³/mol. The lowest BCUT2D eigenvalue weighted by atomic mass is 10.0. The molecule has 0 radical (unpaired) electrons. The van der Waals surface area contributed by atoms with Gasteiger partial charge in [-0.2, -0.15) is 0 Å². The first kappa shape index (κ1) is 12.8. The molecule has 0 saturated heterocycles. The molecule has 1 amide bonds. The van der Waals surface area contributed by atoms with E-state index in [2.05, 4.69) is 5.32 Å². The summed E-state index contributed by atoms with van der Waals surface area (Å²) in [6.45, 7) is 5.80. The fourth-order valence-electron chi connectivity index (χ4n) is 1.42. The number of hydrogen-bond donors (Lipinski definition) is 2. The zero-order chi connectivity index (χ0) is 12.1. The molecule has 90 valence electrons. The van der Waals surface area contributed by atoms with Crippen LogP contribution in [0, 0.1) is 5.92 Å². The zero-order valence-electron chi connectivity index (χ0n) is 10.1. The van der Waals surface area contributed by atoms with Gasteiger partial charge in [-0.15, -0.1) is 0 Å². The lowest BCUT2D eigenvalue weighted by molar-refractivity contribution is -0.123. The molecule has 16 heavy (non-hydrogen) atoms. The molecule has 1 heterocycles. The van der Waals surface area contributed by atoms with Gasteiger partial charge in [0.05, 0.1) is 12.3 Å². The van der Waals surface area contributed by atoms with E-state index in [1.54, 1.807) is 6.26 Å². The van der Waals surface area contributed by atoms with E-state index < -0.39 is 6.04 Å². The van der Waals surface area contributed by atoms with Gasteiger partial charge in [-0.1, -0.05) is 13.8 Å². The van der Waals surface area contributed by atoms with E-state index in [0.29, 0.717) is 6.42 Å². The normalized spacial score (nSPS) is 14.8. The van der Waals surface area contributed by atoms with Gasteiger partial charge >= 0.3 is 0 Å². The zero-order valence-corrected chi connectivity index (χ0v) is 10.1. The van der Waals surface area contributed by atoms with E-state index in [0.717, 1.165) is 5.76 Å². The summed E-state index contributed by atoms with van der Waals surface area (Å²) in [5.74, 6) is 0.913. The Labute approximate surface area is 96.2 Å². The Morgan fingerprint density at radius 3 is 2.69 bits per heavy atom. The minimum absolute atomic E-state index is 0.0310. The third-order valence-electron chi connectivity index (χ3n) is 2.50. The lowest BCUT2D eigenvalue weighted by Crippen LogP contribution is -2.47. The number of nitrogens with two attached hydrogens (primary N) is 1. The molecular weight excluding hydrogens is 204 g/mol. The Balaban J connectivity index is 2.39. The highest BCUT2D eigenvalue weighted by atomic mass is 16.3. The molecule has 0 aliphatic carbocycles. The monoisotopic (exact) mass is 224 g/mol. The van der Waals surface area contributed by atoms with Crippen molar-refractivity contribution in [1.82, 2.24) is 5.32 Å². The van der Waals surface area contributed by atoms with Crippen molar-refractivity contribution in [3.63, 3.8) is 0 Å². The highest BCUT2D eigenvalue weighted by molar-refractivity contribution is 5.81. The second kappa shape index (κ2) is 5.70. The highest BCUT2D eigenvalue weighted by Crippen LogP contribution is 2.05. The molecule has 0 spiro atoms. The summed E-state index contributed by atoms with van der Waals surface area (Å²) in [7, 11) is 0. The molecule has 1 rings (SSSR count). The summed E-state index contributed by atoms with van der Waals surface area (Å²) in [6, 6.07) is 3.32. The first-order valence-electron chi connectivity index (χ1n) is 5.59. The van der Waals surface area contributed by atoms with E-state index in [-0.39, 0.29) is 17.9 Å². The Morgan fingerprint density at radius 1 is 1.50 bits per heavy atom.